The van der Waals surface area contributed by atoms with Gasteiger partial charge in [0.15, 0.2) is 0 Å². The zero-order chi connectivity index (χ0) is 21.5. The molecular formula is C23H21Cl2N5O. The zero-order valence-electron chi connectivity index (χ0n) is 17.0. The number of hydrogen-bond acceptors (Lipinski definition) is 4. The smallest absolute Gasteiger partial charge is 0.292 e. The van der Waals surface area contributed by atoms with Gasteiger partial charge in [-0.3, -0.25) is 4.79 Å². The van der Waals surface area contributed by atoms with E-state index in [4.69, 9.17) is 28.2 Å². The maximum absolute atomic E-state index is 12.9. The first-order chi connectivity index (χ1) is 15.0. The van der Waals surface area contributed by atoms with E-state index < -0.39 is 0 Å². The minimum Gasteiger partial charge on any atom is -0.369 e. The van der Waals surface area contributed by atoms with Crippen LogP contribution in [0.2, 0.25) is 10.0 Å². The van der Waals surface area contributed by atoms with Gasteiger partial charge in [-0.15, -0.1) is 0 Å². The van der Waals surface area contributed by atoms with Crippen LogP contribution in [-0.4, -0.2) is 32.8 Å². The molecule has 1 aliphatic rings. The molecule has 8 heteroatoms. The number of nitrogens with one attached hydrogen (secondary N) is 1. The second kappa shape index (κ2) is 8.02. The van der Waals surface area contributed by atoms with Crippen molar-refractivity contribution >= 4 is 39.9 Å². The first kappa shape index (κ1) is 20.1. The van der Waals surface area contributed by atoms with Crippen LogP contribution in [-0.2, 0) is 0 Å². The SMILES string of the molecule is Cc1ccc(-n2ncc(N3CCC(c4nc5ccccc5[nH]4)CC3)c(Cl)c2=O)cc1Cl. The molecule has 0 amide bonds. The number of fused-ring (bicyclic) bond motifs is 1. The molecule has 0 saturated carbocycles. The number of anilines is 1. The summed E-state index contributed by atoms with van der Waals surface area (Å²) in [7, 11) is 0. The predicted octanol–water partition coefficient (Wildman–Crippen LogP) is 5.11. The van der Waals surface area contributed by atoms with Crippen LogP contribution in [0.5, 0.6) is 0 Å². The number of aromatic nitrogens is 4. The van der Waals surface area contributed by atoms with E-state index in [2.05, 4.69) is 15.0 Å². The topological polar surface area (TPSA) is 66.8 Å². The van der Waals surface area contributed by atoms with E-state index in [0.29, 0.717) is 22.3 Å². The van der Waals surface area contributed by atoms with Crippen molar-refractivity contribution < 1.29 is 0 Å². The molecule has 2 aromatic heterocycles. The monoisotopic (exact) mass is 453 g/mol. The van der Waals surface area contributed by atoms with Crippen LogP contribution in [0.3, 0.4) is 0 Å². The highest BCUT2D eigenvalue weighted by Gasteiger charge is 2.25. The molecule has 3 heterocycles. The van der Waals surface area contributed by atoms with E-state index >= 15 is 0 Å². The molecule has 0 aliphatic carbocycles. The molecule has 0 atom stereocenters. The van der Waals surface area contributed by atoms with Crippen LogP contribution in [0.1, 0.15) is 30.1 Å². The Bertz CT molecular complexity index is 1290. The van der Waals surface area contributed by atoms with E-state index in [0.717, 1.165) is 48.4 Å². The first-order valence-electron chi connectivity index (χ1n) is 10.3. The molecule has 2 aromatic carbocycles. The van der Waals surface area contributed by atoms with Gasteiger partial charge in [0.25, 0.3) is 5.56 Å². The molecule has 1 aliphatic heterocycles. The average molecular weight is 454 g/mol. The highest BCUT2D eigenvalue weighted by atomic mass is 35.5. The second-order valence-corrected chi connectivity index (χ2v) is 8.68. The molecule has 1 fully saturated rings. The summed E-state index contributed by atoms with van der Waals surface area (Å²) in [4.78, 5) is 23.2. The fourth-order valence-electron chi connectivity index (χ4n) is 4.10. The normalized spacial score (nSPS) is 15.0. The Morgan fingerprint density at radius 2 is 1.87 bits per heavy atom. The Morgan fingerprint density at radius 1 is 1.10 bits per heavy atom. The summed E-state index contributed by atoms with van der Waals surface area (Å²) in [6, 6.07) is 13.5. The van der Waals surface area contributed by atoms with E-state index in [9.17, 15) is 4.79 Å². The maximum atomic E-state index is 12.9. The molecular weight excluding hydrogens is 433 g/mol. The number of piperidine rings is 1. The highest BCUT2D eigenvalue weighted by Crippen LogP contribution is 2.32. The number of para-hydroxylation sites is 2. The summed E-state index contributed by atoms with van der Waals surface area (Å²) >= 11 is 12.7. The number of benzene rings is 2. The number of aryl methyl sites for hydroxylation is 1. The largest absolute Gasteiger partial charge is 0.369 e. The molecule has 6 nitrogen and oxygen atoms in total. The lowest BCUT2D eigenvalue weighted by Gasteiger charge is -2.33. The van der Waals surface area contributed by atoms with Gasteiger partial charge in [-0.2, -0.15) is 9.78 Å². The quantitative estimate of drug-likeness (QED) is 0.467. The van der Waals surface area contributed by atoms with Crippen LogP contribution in [0.15, 0.2) is 53.5 Å². The van der Waals surface area contributed by atoms with E-state index in [-0.39, 0.29) is 10.6 Å². The molecule has 158 valence electrons. The number of rotatable bonds is 3. The van der Waals surface area contributed by atoms with E-state index in [1.54, 1.807) is 12.3 Å². The molecule has 1 N–H and O–H groups in total. The van der Waals surface area contributed by atoms with Gasteiger partial charge in [0.1, 0.15) is 10.8 Å². The third-order valence-electron chi connectivity index (χ3n) is 5.93. The minimum atomic E-state index is -0.349. The number of aromatic amines is 1. The number of hydrogen-bond donors (Lipinski definition) is 1. The molecule has 4 aromatic rings. The van der Waals surface area contributed by atoms with Gasteiger partial charge >= 0.3 is 0 Å². The van der Waals surface area contributed by atoms with Crippen LogP contribution in [0.25, 0.3) is 16.7 Å². The summed E-state index contributed by atoms with van der Waals surface area (Å²) < 4.78 is 1.29. The summed E-state index contributed by atoms with van der Waals surface area (Å²) in [6.45, 7) is 3.47. The Morgan fingerprint density at radius 3 is 2.61 bits per heavy atom. The lowest BCUT2D eigenvalue weighted by atomic mass is 9.96. The maximum Gasteiger partial charge on any atom is 0.292 e. The van der Waals surface area contributed by atoms with Gasteiger partial charge in [0.2, 0.25) is 0 Å². The van der Waals surface area contributed by atoms with Crippen LogP contribution in [0, 0.1) is 6.92 Å². The van der Waals surface area contributed by atoms with Crippen molar-refractivity contribution in [3.8, 4) is 5.69 Å². The average Bonchev–Trinajstić information content (AvgIpc) is 3.22. The van der Waals surface area contributed by atoms with Crippen molar-refractivity contribution in [2.75, 3.05) is 18.0 Å². The summed E-state index contributed by atoms with van der Waals surface area (Å²) in [6.07, 6.45) is 3.51. The van der Waals surface area contributed by atoms with Crippen molar-refractivity contribution in [1.82, 2.24) is 19.7 Å². The van der Waals surface area contributed by atoms with Crippen molar-refractivity contribution in [3.05, 3.63) is 80.4 Å². The Hall–Kier alpha value is -2.83. The molecule has 1 saturated heterocycles. The van der Waals surface area contributed by atoms with Crippen LogP contribution < -0.4 is 10.5 Å². The zero-order valence-corrected chi connectivity index (χ0v) is 18.5. The third-order valence-corrected chi connectivity index (χ3v) is 6.69. The molecule has 0 unspecified atom stereocenters. The second-order valence-electron chi connectivity index (χ2n) is 7.89. The molecule has 0 spiro atoms. The van der Waals surface area contributed by atoms with Crippen molar-refractivity contribution in [2.45, 2.75) is 25.7 Å². The molecule has 31 heavy (non-hydrogen) atoms. The van der Waals surface area contributed by atoms with Gasteiger partial charge in [-0.1, -0.05) is 41.4 Å². The van der Waals surface area contributed by atoms with Crippen molar-refractivity contribution in [2.24, 2.45) is 0 Å². The number of halogens is 2. The summed E-state index contributed by atoms with van der Waals surface area (Å²) in [5.74, 6) is 1.38. The highest BCUT2D eigenvalue weighted by molar-refractivity contribution is 6.33. The minimum absolute atomic E-state index is 0.175. The fraction of sp³-hybridized carbons (Fsp3) is 0.261. The summed E-state index contributed by atoms with van der Waals surface area (Å²) in [5, 5.41) is 5.12. The molecule has 0 bridgehead atoms. The van der Waals surface area contributed by atoms with Gasteiger partial charge in [-0.25, -0.2) is 4.98 Å². The van der Waals surface area contributed by atoms with Gasteiger partial charge in [0, 0.05) is 24.0 Å². The van der Waals surface area contributed by atoms with Gasteiger partial charge < -0.3 is 9.88 Å². The number of nitrogens with zero attached hydrogens (tertiary/aromatic N) is 4. The Labute approximate surface area is 189 Å². The fourth-order valence-corrected chi connectivity index (χ4v) is 4.52. The van der Waals surface area contributed by atoms with Gasteiger partial charge in [0.05, 0.1) is 28.6 Å². The lowest BCUT2D eigenvalue weighted by molar-refractivity contribution is 0.489. The van der Waals surface area contributed by atoms with Crippen molar-refractivity contribution in [1.29, 1.82) is 0 Å². The number of H-pyrrole nitrogens is 1. The van der Waals surface area contributed by atoms with Gasteiger partial charge in [-0.05, 0) is 49.6 Å². The molecule has 0 radical (unpaired) electrons. The van der Waals surface area contributed by atoms with Crippen LogP contribution in [0.4, 0.5) is 5.69 Å². The van der Waals surface area contributed by atoms with E-state index in [1.165, 1.54) is 4.68 Å². The van der Waals surface area contributed by atoms with E-state index in [1.807, 2.05) is 43.3 Å². The molecule has 5 rings (SSSR count). The standard InChI is InChI=1S/C23H21Cl2N5O/c1-14-6-7-16(12-17(14)24)30-23(31)21(25)20(13-26-30)29-10-8-15(9-11-29)22-27-18-4-2-3-5-19(18)28-22/h2-7,12-13,15H,8-11H2,1H3,(H,27,28). The van der Waals surface area contributed by atoms with Crippen molar-refractivity contribution in [3.63, 3.8) is 0 Å². The Balaban J connectivity index is 1.36. The summed E-state index contributed by atoms with van der Waals surface area (Å²) in [5.41, 5.74) is 3.91. The lowest BCUT2D eigenvalue weighted by Crippen LogP contribution is -2.35. The Kier molecular flexibility index (Phi) is 5.20. The third kappa shape index (κ3) is 3.70. The predicted molar refractivity (Wildman–Crippen MR) is 125 cm³/mol. The van der Waals surface area contributed by atoms with Crippen LogP contribution >= 0.6 is 23.2 Å². The first-order valence-corrected chi connectivity index (χ1v) is 11.0. The number of imidazole rings is 1.